The third-order valence-corrected chi connectivity index (χ3v) is 14.8. The first-order chi connectivity index (χ1) is 33.3. The summed E-state index contributed by atoms with van der Waals surface area (Å²) in [4.78, 5) is 13.0. The summed E-state index contributed by atoms with van der Waals surface area (Å²) in [6.07, 6.45) is 47.6. The molecule has 1 fully saturated rings. The van der Waals surface area contributed by atoms with Crippen molar-refractivity contribution in [1.29, 1.82) is 0 Å². The smallest absolute Gasteiger partial charge is 0.220 e. The molecule has 7 N–H and O–H groups in total. The highest BCUT2D eigenvalue weighted by molar-refractivity contribution is 5.76. The van der Waals surface area contributed by atoms with Gasteiger partial charge in [0.05, 0.1) is 25.4 Å². The average Bonchev–Trinajstić information content (AvgIpc) is 3.34. The third-order valence-electron chi connectivity index (χ3n) is 14.8. The lowest BCUT2D eigenvalue weighted by atomic mass is 9.98. The number of rotatable bonds is 52. The van der Waals surface area contributed by atoms with Crippen molar-refractivity contribution in [2.24, 2.45) is 0 Å². The Bertz CT molecular complexity index is 1050. The Hall–Kier alpha value is -0.850. The molecule has 1 aliphatic rings. The van der Waals surface area contributed by atoms with E-state index in [1.165, 1.54) is 231 Å². The fourth-order valence-corrected chi connectivity index (χ4v) is 10.0. The molecule has 1 saturated heterocycles. The number of carbonyl (C=O) groups excluding carboxylic acids is 1. The first kappa shape index (κ1) is 65.2. The molecule has 0 bridgehead atoms. The largest absolute Gasteiger partial charge is 0.394 e. The summed E-state index contributed by atoms with van der Waals surface area (Å²) in [7, 11) is 0. The van der Waals surface area contributed by atoms with Crippen molar-refractivity contribution in [3.8, 4) is 0 Å². The fraction of sp³-hybridized carbons (Fsp3) is 0.983. The van der Waals surface area contributed by atoms with Crippen molar-refractivity contribution in [2.45, 2.75) is 352 Å². The molecule has 10 nitrogen and oxygen atoms in total. The van der Waals surface area contributed by atoms with E-state index >= 15 is 0 Å². The van der Waals surface area contributed by atoms with Gasteiger partial charge in [-0.3, -0.25) is 4.79 Å². The second-order valence-electron chi connectivity index (χ2n) is 21.3. The molecule has 406 valence electrons. The van der Waals surface area contributed by atoms with E-state index in [1.807, 2.05) is 0 Å². The molecule has 0 aromatic carbocycles. The monoisotopic (exact) mass is 970 g/mol. The predicted molar refractivity (Wildman–Crippen MR) is 283 cm³/mol. The average molecular weight is 971 g/mol. The highest BCUT2D eigenvalue weighted by atomic mass is 16.7. The van der Waals surface area contributed by atoms with Gasteiger partial charge in [0.25, 0.3) is 0 Å². The summed E-state index contributed by atoms with van der Waals surface area (Å²) in [5, 5.41) is 65.1. The number of ether oxygens (including phenoxy) is 2. The lowest BCUT2D eigenvalue weighted by Gasteiger charge is -2.40. The van der Waals surface area contributed by atoms with Crippen LogP contribution in [0.25, 0.3) is 0 Å². The molecule has 1 heterocycles. The SMILES string of the molecule is CCCCCCCCCCCCCCCCCCCCCCCCCCCCCCCCCCCCCC(=O)N[C@@H](CO[C@@H]1O[C@H](CO)[C@@H](O)C(O)C1O)[C@H](O)[C@H](O)CCCCCCCCCC. The molecular weight excluding hydrogens is 855 g/mol. The van der Waals surface area contributed by atoms with E-state index in [1.54, 1.807) is 0 Å². The normalized spacial score (nSPS) is 19.9. The first-order valence-corrected chi connectivity index (χ1v) is 29.8. The minimum atomic E-state index is -1.60. The van der Waals surface area contributed by atoms with Crippen LogP contribution in [-0.4, -0.2) is 98.7 Å². The van der Waals surface area contributed by atoms with Gasteiger partial charge in [0, 0.05) is 6.42 Å². The number of nitrogens with one attached hydrogen (secondary N) is 1. The quantitative estimate of drug-likeness (QED) is 0.0293. The van der Waals surface area contributed by atoms with Crippen LogP contribution in [0.5, 0.6) is 0 Å². The number of aliphatic hydroxyl groups is 6. The third kappa shape index (κ3) is 37.0. The molecule has 0 aromatic heterocycles. The van der Waals surface area contributed by atoms with Crippen molar-refractivity contribution < 1.29 is 44.9 Å². The van der Waals surface area contributed by atoms with E-state index in [0.29, 0.717) is 6.42 Å². The van der Waals surface area contributed by atoms with Gasteiger partial charge in [0.15, 0.2) is 6.29 Å². The van der Waals surface area contributed by atoms with Crippen molar-refractivity contribution in [3.63, 3.8) is 0 Å². The van der Waals surface area contributed by atoms with Crippen molar-refractivity contribution in [1.82, 2.24) is 5.32 Å². The van der Waals surface area contributed by atoms with E-state index in [4.69, 9.17) is 9.47 Å². The Kier molecular flexibility index (Phi) is 46.4. The highest BCUT2D eigenvalue weighted by Gasteiger charge is 2.44. The summed E-state index contributed by atoms with van der Waals surface area (Å²) in [5.74, 6) is -0.253. The molecule has 0 radical (unpaired) electrons. The van der Waals surface area contributed by atoms with Crippen LogP contribution < -0.4 is 5.32 Å². The molecule has 1 aliphatic heterocycles. The number of hydrogen-bond donors (Lipinski definition) is 7. The molecule has 0 aromatic rings. The van der Waals surface area contributed by atoms with Gasteiger partial charge in [0.1, 0.15) is 30.5 Å². The van der Waals surface area contributed by atoms with Crippen LogP contribution in [-0.2, 0) is 14.3 Å². The zero-order valence-corrected chi connectivity index (χ0v) is 44.8. The number of aliphatic hydroxyl groups excluding tert-OH is 6. The van der Waals surface area contributed by atoms with E-state index in [9.17, 15) is 35.4 Å². The summed E-state index contributed by atoms with van der Waals surface area (Å²) in [6.45, 7) is 3.60. The van der Waals surface area contributed by atoms with Gasteiger partial charge >= 0.3 is 0 Å². The van der Waals surface area contributed by atoms with Crippen LogP contribution in [0.1, 0.15) is 303 Å². The molecule has 0 spiro atoms. The van der Waals surface area contributed by atoms with Gasteiger partial charge < -0.3 is 45.4 Å². The lowest BCUT2D eigenvalue weighted by Crippen LogP contribution is -2.60. The van der Waals surface area contributed by atoms with Crippen LogP contribution >= 0.6 is 0 Å². The van der Waals surface area contributed by atoms with Crippen LogP contribution in [0, 0.1) is 0 Å². The van der Waals surface area contributed by atoms with Crippen LogP contribution in [0.2, 0.25) is 0 Å². The molecular formula is C58H115NO9. The zero-order chi connectivity index (χ0) is 49.6. The van der Waals surface area contributed by atoms with Gasteiger partial charge in [-0.2, -0.15) is 0 Å². The van der Waals surface area contributed by atoms with Gasteiger partial charge in [0.2, 0.25) is 5.91 Å². The number of hydrogen-bond acceptors (Lipinski definition) is 9. The predicted octanol–water partition coefficient (Wildman–Crippen LogP) is 13.6. The standard InChI is InChI=1S/C58H115NO9/c1-3-5-7-9-11-13-14-15-16-17-18-19-20-21-22-23-24-25-26-27-28-29-30-31-32-33-34-35-36-37-38-39-41-43-45-47-53(62)59-50(49-67-58-57(66)56(65)55(64)52(48-60)68-58)54(63)51(61)46-44-42-40-12-10-8-6-4-2/h50-52,54-58,60-61,63-66H,3-49H2,1-2H3,(H,59,62)/t50-,51+,52+,54-,55+,56?,57?,58+/m0/s1. The second kappa shape index (κ2) is 48.4. The second-order valence-corrected chi connectivity index (χ2v) is 21.3. The van der Waals surface area contributed by atoms with Crippen molar-refractivity contribution in [3.05, 3.63) is 0 Å². The maximum absolute atomic E-state index is 13.0. The fourth-order valence-electron chi connectivity index (χ4n) is 10.0. The van der Waals surface area contributed by atoms with E-state index < -0.39 is 55.6 Å². The van der Waals surface area contributed by atoms with Crippen molar-refractivity contribution in [2.75, 3.05) is 13.2 Å². The van der Waals surface area contributed by atoms with E-state index in [2.05, 4.69) is 19.2 Å². The maximum atomic E-state index is 13.0. The topological polar surface area (TPSA) is 169 Å². The van der Waals surface area contributed by atoms with Gasteiger partial charge in [-0.25, -0.2) is 0 Å². The minimum absolute atomic E-state index is 0.253. The molecule has 8 atom stereocenters. The first-order valence-electron chi connectivity index (χ1n) is 29.8. The number of unbranched alkanes of at least 4 members (excludes halogenated alkanes) is 41. The number of carbonyl (C=O) groups is 1. The Morgan fingerprint density at radius 1 is 0.456 bits per heavy atom. The number of amides is 1. The van der Waals surface area contributed by atoms with Crippen LogP contribution in [0.15, 0.2) is 0 Å². The zero-order valence-electron chi connectivity index (χ0n) is 44.8. The Morgan fingerprint density at radius 3 is 1.09 bits per heavy atom. The molecule has 10 heteroatoms. The maximum Gasteiger partial charge on any atom is 0.220 e. The van der Waals surface area contributed by atoms with Gasteiger partial charge in [-0.1, -0.05) is 284 Å². The summed E-state index contributed by atoms with van der Waals surface area (Å²) < 4.78 is 11.2. The molecule has 1 amide bonds. The van der Waals surface area contributed by atoms with Gasteiger partial charge in [-0.15, -0.1) is 0 Å². The summed E-state index contributed by atoms with van der Waals surface area (Å²) >= 11 is 0. The summed E-state index contributed by atoms with van der Waals surface area (Å²) in [6, 6.07) is -0.984. The Labute approximate surface area is 419 Å². The van der Waals surface area contributed by atoms with Crippen LogP contribution in [0.4, 0.5) is 0 Å². The van der Waals surface area contributed by atoms with E-state index in [0.717, 1.165) is 44.9 Å². The van der Waals surface area contributed by atoms with E-state index in [-0.39, 0.29) is 18.9 Å². The Balaban J connectivity index is 2.03. The molecule has 0 aliphatic carbocycles. The Morgan fingerprint density at radius 2 is 0.765 bits per heavy atom. The molecule has 68 heavy (non-hydrogen) atoms. The lowest BCUT2D eigenvalue weighted by molar-refractivity contribution is -0.303. The highest BCUT2D eigenvalue weighted by Crippen LogP contribution is 2.24. The van der Waals surface area contributed by atoms with Gasteiger partial charge in [-0.05, 0) is 12.8 Å². The summed E-state index contributed by atoms with van der Waals surface area (Å²) in [5.41, 5.74) is 0. The molecule has 0 saturated carbocycles. The van der Waals surface area contributed by atoms with Crippen LogP contribution in [0.3, 0.4) is 0 Å². The minimum Gasteiger partial charge on any atom is -0.394 e. The molecule has 1 rings (SSSR count). The van der Waals surface area contributed by atoms with Crippen molar-refractivity contribution >= 4 is 5.91 Å². The molecule has 2 unspecified atom stereocenters.